The van der Waals surface area contributed by atoms with Gasteiger partial charge in [0.15, 0.2) is 0 Å². The first-order valence-corrected chi connectivity index (χ1v) is 5.51. The Morgan fingerprint density at radius 3 is 2.27 bits per heavy atom. The molecule has 0 spiro atoms. The van der Waals surface area contributed by atoms with Crippen LogP contribution in [0.2, 0.25) is 0 Å². The first-order chi connectivity index (χ1) is 7.06. The van der Waals surface area contributed by atoms with E-state index < -0.39 is 0 Å². The summed E-state index contributed by atoms with van der Waals surface area (Å²) in [4.78, 5) is 0.434. The summed E-state index contributed by atoms with van der Waals surface area (Å²) < 4.78 is 5.67. The highest BCUT2D eigenvalue weighted by Crippen LogP contribution is 2.24. The van der Waals surface area contributed by atoms with Crippen molar-refractivity contribution in [3.8, 4) is 5.75 Å². The number of hydrogen-bond donors (Lipinski definition) is 1. The van der Waals surface area contributed by atoms with Gasteiger partial charge in [0.2, 0.25) is 0 Å². The van der Waals surface area contributed by atoms with Gasteiger partial charge in [-0.2, -0.15) is 0 Å². The highest BCUT2D eigenvalue weighted by molar-refractivity contribution is 7.80. The lowest BCUT2D eigenvalue weighted by Crippen LogP contribution is -2.10. The van der Waals surface area contributed by atoms with E-state index in [1.807, 2.05) is 26.0 Å². The van der Waals surface area contributed by atoms with Gasteiger partial charge in [0.25, 0.3) is 0 Å². The van der Waals surface area contributed by atoms with Crippen LogP contribution in [0.4, 0.5) is 0 Å². The third-order valence-electron chi connectivity index (χ3n) is 2.20. The van der Waals surface area contributed by atoms with Crippen molar-refractivity contribution in [3.05, 3.63) is 28.8 Å². The van der Waals surface area contributed by atoms with Crippen molar-refractivity contribution in [2.45, 2.75) is 27.2 Å². The number of thiocarbonyl (C=S) groups is 1. The third kappa shape index (κ3) is 2.93. The highest BCUT2D eigenvalue weighted by Gasteiger charge is 2.07. The Balaban J connectivity index is 3.04. The molecule has 1 aromatic rings. The van der Waals surface area contributed by atoms with Crippen LogP contribution in [0, 0.1) is 13.8 Å². The first-order valence-electron chi connectivity index (χ1n) is 5.10. The number of hydrogen-bond acceptors (Lipinski definition) is 2. The van der Waals surface area contributed by atoms with E-state index >= 15 is 0 Å². The van der Waals surface area contributed by atoms with Crippen molar-refractivity contribution in [2.75, 3.05) is 6.61 Å². The van der Waals surface area contributed by atoms with Gasteiger partial charge in [-0.3, -0.25) is 0 Å². The molecule has 15 heavy (non-hydrogen) atoms. The lowest BCUT2D eigenvalue weighted by molar-refractivity contribution is 0.313. The smallest absolute Gasteiger partial charge is 0.125 e. The molecule has 1 aromatic carbocycles. The number of aryl methyl sites for hydroxylation is 2. The van der Waals surface area contributed by atoms with Crippen LogP contribution >= 0.6 is 12.2 Å². The molecule has 0 unspecified atom stereocenters. The molecule has 3 heteroatoms. The third-order valence-corrected chi connectivity index (χ3v) is 2.43. The summed E-state index contributed by atoms with van der Waals surface area (Å²) in [5.74, 6) is 0.955. The quantitative estimate of drug-likeness (QED) is 0.797. The van der Waals surface area contributed by atoms with Gasteiger partial charge in [0.1, 0.15) is 10.7 Å². The Kier molecular flexibility index (Phi) is 4.09. The van der Waals surface area contributed by atoms with E-state index in [4.69, 9.17) is 22.7 Å². The zero-order valence-corrected chi connectivity index (χ0v) is 10.3. The lowest BCUT2D eigenvalue weighted by atomic mass is 10.1. The topological polar surface area (TPSA) is 35.2 Å². The first kappa shape index (κ1) is 12.0. The fourth-order valence-electron chi connectivity index (χ4n) is 1.52. The van der Waals surface area contributed by atoms with Crippen molar-refractivity contribution in [1.82, 2.24) is 0 Å². The van der Waals surface area contributed by atoms with E-state index in [0.29, 0.717) is 4.99 Å². The molecule has 0 radical (unpaired) electrons. The normalized spacial score (nSPS) is 10.1. The molecule has 0 atom stereocenters. The minimum Gasteiger partial charge on any atom is -0.493 e. The van der Waals surface area contributed by atoms with Gasteiger partial charge in [0, 0.05) is 5.56 Å². The monoisotopic (exact) mass is 223 g/mol. The van der Waals surface area contributed by atoms with E-state index in [1.165, 1.54) is 0 Å². The molecule has 1 rings (SSSR count). The van der Waals surface area contributed by atoms with E-state index in [2.05, 4.69) is 6.92 Å². The average molecular weight is 223 g/mol. The fraction of sp³-hybridized carbons (Fsp3) is 0.417. The van der Waals surface area contributed by atoms with Gasteiger partial charge in [-0.25, -0.2) is 0 Å². The summed E-state index contributed by atoms with van der Waals surface area (Å²) >= 11 is 4.95. The van der Waals surface area contributed by atoms with E-state index in [1.54, 1.807) is 0 Å². The predicted molar refractivity (Wildman–Crippen MR) is 67.6 cm³/mol. The summed E-state index contributed by atoms with van der Waals surface area (Å²) in [7, 11) is 0. The minimum absolute atomic E-state index is 0.434. The SMILES string of the molecule is CCCOc1c(C)cc(C(N)=S)cc1C. The van der Waals surface area contributed by atoms with Gasteiger partial charge in [-0.1, -0.05) is 19.1 Å². The van der Waals surface area contributed by atoms with Gasteiger partial charge < -0.3 is 10.5 Å². The Bertz CT molecular complexity index is 351. The molecule has 0 heterocycles. The molecule has 0 saturated heterocycles. The second kappa shape index (κ2) is 5.12. The van der Waals surface area contributed by atoms with E-state index in [-0.39, 0.29) is 0 Å². The van der Waals surface area contributed by atoms with Gasteiger partial charge >= 0.3 is 0 Å². The van der Waals surface area contributed by atoms with Crippen LogP contribution in [-0.2, 0) is 0 Å². The molecule has 82 valence electrons. The van der Waals surface area contributed by atoms with Crippen molar-refractivity contribution < 1.29 is 4.74 Å². The zero-order valence-electron chi connectivity index (χ0n) is 9.46. The number of rotatable bonds is 4. The largest absolute Gasteiger partial charge is 0.493 e. The predicted octanol–water partition coefficient (Wildman–Crippen LogP) is 2.73. The molecule has 0 aliphatic rings. The molecule has 0 bridgehead atoms. The maximum atomic E-state index is 5.67. The molecule has 0 aliphatic heterocycles. The fourth-order valence-corrected chi connectivity index (χ4v) is 1.64. The van der Waals surface area contributed by atoms with Crippen LogP contribution in [0.3, 0.4) is 0 Å². The summed E-state index contributed by atoms with van der Waals surface area (Å²) in [5.41, 5.74) is 8.68. The number of ether oxygens (including phenoxy) is 1. The molecule has 0 fully saturated rings. The molecule has 0 amide bonds. The van der Waals surface area contributed by atoms with Crippen LogP contribution < -0.4 is 10.5 Å². The van der Waals surface area contributed by atoms with E-state index in [0.717, 1.165) is 35.5 Å². The lowest BCUT2D eigenvalue weighted by Gasteiger charge is -2.13. The molecule has 0 saturated carbocycles. The Labute approximate surface area is 96.4 Å². The van der Waals surface area contributed by atoms with Crippen molar-refractivity contribution >= 4 is 17.2 Å². The summed E-state index contributed by atoms with van der Waals surface area (Å²) in [6, 6.07) is 3.95. The van der Waals surface area contributed by atoms with Crippen LogP contribution in [0.25, 0.3) is 0 Å². The maximum Gasteiger partial charge on any atom is 0.125 e. The van der Waals surface area contributed by atoms with Crippen LogP contribution in [0.5, 0.6) is 5.75 Å². The number of benzene rings is 1. The molecule has 0 aromatic heterocycles. The second-order valence-electron chi connectivity index (χ2n) is 3.65. The Morgan fingerprint density at radius 2 is 1.87 bits per heavy atom. The molecular formula is C12H17NOS. The molecule has 2 nitrogen and oxygen atoms in total. The zero-order chi connectivity index (χ0) is 11.4. The van der Waals surface area contributed by atoms with Crippen LogP contribution in [0.15, 0.2) is 12.1 Å². The molecule has 0 aliphatic carbocycles. The van der Waals surface area contributed by atoms with Gasteiger partial charge in [0.05, 0.1) is 6.61 Å². The van der Waals surface area contributed by atoms with Gasteiger partial charge in [-0.05, 0) is 43.5 Å². The van der Waals surface area contributed by atoms with Crippen molar-refractivity contribution in [1.29, 1.82) is 0 Å². The Morgan fingerprint density at radius 1 is 1.33 bits per heavy atom. The number of nitrogens with two attached hydrogens (primary N) is 1. The highest BCUT2D eigenvalue weighted by atomic mass is 32.1. The van der Waals surface area contributed by atoms with Crippen molar-refractivity contribution in [2.24, 2.45) is 5.73 Å². The summed E-state index contributed by atoms with van der Waals surface area (Å²) in [6.07, 6.45) is 1.01. The standard InChI is InChI=1S/C12H17NOS/c1-4-5-14-11-8(2)6-10(12(13)15)7-9(11)3/h6-7H,4-5H2,1-3H3,(H2,13,15). The average Bonchev–Trinajstić information content (AvgIpc) is 2.16. The van der Waals surface area contributed by atoms with E-state index in [9.17, 15) is 0 Å². The van der Waals surface area contributed by atoms with Gasteiger partial charge in [-0.15, -0.1) is 0 Å². The minimum atomic E-state index is 0.434. The van der Waals surface area contributed by atoms with Crippen LogP contribution in [-0.4, -0.2) is 11.6 Å². The maximum absolute atomic E-state index is 5.67. The Hall–Kier alpha value is -1.09. The molecular weight excluding hydrogens is 206 g/mol. The summed E-state index contributed by atoms with van der Waals surface area (Å²) in [5, 5.41) is 0. The molecule has 2 N–H and O–H groups in total. The summed E-state index contributed by atoms with van der Waals surface area (Å²) in [6.45, 7) is 6.86. The van der Waals surface area contributed by atoms with Crippen LogP contribution in [0.1, 0.15) is 30.0 Å². The van der Waals surface area contributed by atoms with Crippen molar-refractivity contribution in [3.63, 3.8) is 0 Å². The second-order valence-corrected chi connectivity index (χ2v) is 4.09.